The van der Waals surface area contributed by atoms with Gasteiger partial charge in [-0.2, -0.15) is 0 Å². The van der Waals surface area contributed by atoms with Gasteiger partial charge in [0, 0.05) is 11.5 Å². The second-order valence-corrected chi connectivity index (χ2v) is 10.8. The van der Waals surface area contributed by atoms with Crippen LogP contribution in [0.25, 0.3) is 0 Å². The molecule has 5 heteroatoms. The normalized spacial score (nSPS) is 55.8. The lowest BCUT2D eigenvalue weighted by atomic mass is 9.42. The maximum Gasteiger partial charge on any atom is 0.331 e. The Morgan fingerprint density at radius 1 is 1.04 bits per heavy atom. The van der Waals surface area contributed by atoms with Crippen molar-refractivity contribution in [2.45, 2.75) is 83.0 Å². The highest BCUT2D eigenvalue weighted by atomic mass is 16.5. The van der Waals surface area contributed by atoms with Crippen LogP contribution < -0.4 is 0 Å². The van der Waals surface area contributed by atoms with Crippen LogP contribution in [0.4, 0.5) is 0 Å². The second kappa shape index (κ2) is 6.05. The number of fused-ring (bicyclic) bond motifs is 5. The third kappa shape index (κ3) is 2.27. The fourth-order valence-corrected chi connectivity index (χ4v) is 8.37. The van der Waals surface area contributed by atoms with E-state index in [4.69, 9.17) is 4.74 Å². The molecule has 1 aliphatic heterocycles. The second-order valence-electron chi connectivity index (χ2n) is 10.8. The van der Waals surface area contributed by atoms with Crippen molar-refractivity contribution in [1.29, 1.82) is 0 Å². The first-order valence-electron chi connectivity index (χ1n) is 11.2. The number of carbonyl (C=O) groups is 1. The molecule has 9 atom stereocenters. The van der Waals surface area contributed by atoms with Gasteiger partial charge in [-0.1, -0.05) is 13.8 Å². The van der Waals surface area contributed by atoms with Crippen LogP contribution in [-0.4, -0.2) is 45.7 Å². The van der Waals surface area contributed by atoms with E-state index in [1.165, 1.54) is 0 Å². The molecule has 4 fully saturated rings. The number of rotatable bonds is 1. The summed E-state index contributed by atoms with van der Waals surface area (Å²) in [6, 6.07) is 0. The largest absolute Gasteiger partial charge is 0.458 e. The van der Waals surface area contributed by atoms with Gasteiger partial charge in [0.05, 0.1) is 17.8 Å². The predicted octanol–water partition coefficient (Wildman–Crippen LogP) is 2.58. The van der Waals surface area contributed by atoms with Crippen molar-refractivity contribution in [3.8, 4) is 0 Å². The molecule has 0 aromatic heterocycles. The Hall–Kier alpha value is -0.910. The van der Waals surface area contributed by atoms with Crippen LogP contribution >= 0.6 is 0 Å². The first kappa shape index (κ1) is 19.1. The summed E-state index contributed by atoms with van der Waals surface area (Å²) in [6.45, 7) is 4.69. The minimum Gasteiger partial charge on any atom is -0.458 e. The molecule has 28 heavy (non-hydrogen) atoms. The molecule has 1 heterocycles. The fourth-order valence-electron chi connectivity index (χ4n) is 8.37. The molecule has 3 N–H and O–H groups in total. The quantitative estimate of drug-likeness (QED) is 0.599. The lowest BCUT2D eigenvalue weighted by molar-refractivity contribution is -0.244. The number of hydrogen-bond acceptors (Lipinski definition) is 5. The van der Waals surface area contributed by atoms with Crippen LogP contribution in [0.3, 0.4) is 0 Å². The number of cyclic esters (lactones) is 1. The molecule has 5 aliphatic rings. The number of carbonyl (C=O) groups excluding carboxylic acids is 1. The molecule has 0 saturated heterocycles. The lowest BCUT2D eigenvalue weighted by Crippen LogP contribution is -2.67. The Labute approximate surface area is 167 Å². The summed E-state index contributed by atoms with van der Waals surface area (Å²) in [5.74, 6) is 0.657. The van der Waals surface area contributed by atoms with E-state index in [0.717, 1.165) is 44.1 Å². The van der Waals surface area contributed by atoms with Gasteiger partial charge in [-0.25, -0.2) is 4.79 Å². The van der Waals surface area contributed by atoms with Crippen LogP contribution in [0, 0.1) is 34.5 Å². The van der Waals surface area contributed by atoms with E-state index in [2.05, 4.69) is 6.92 Å². The van der Waals surface area contributed by atoms with E-state index in [9.17, 15) is 20.1 Å². The molecule has 4 aliphatic carbocycles. The van der Waals surface area contributed by atoms with Gasteiger partial charge in [-0.15, -0.1) is 0 Å². The maximum atomic E-state index is 12.1. The zero-order valence-corrected chi connectivity index (χ0v) is 17.1. The Morgan fingerprint density at radius 3 is 2.54 bits per heavy atom. The van der Waals surface area contributed by atoms with Crippen LogP contribution in [0.2, 0.25) is 0 Å². The van der Waals surface area contributed by atoms with E-state index in [-0.39, 0.29) is 29.3 Å². The van der Waals surface area contributed by atoms with Gasteiger partial charge in [0.1, 0.15) is 6.61 Å². The molecule has 0 aromatic carbocycles. The minimum absolute atomic E-state index is 0.00129. The number of esters is 1. The molecule has 0 spiro atoms. The van der Waals surface area contributed by atoms with Crippen LogP contribution in [0.5, 0.6) is 0 Å². The smallest absolute Gasteiger partial charge is 0.331 e. The maximum absolute atomic E-state index is 12.1. The van der Waals surface area contributed by atoms with E-state index >= 15 is 0 Å². The molecule has 5 rings (SSSR count). The summed E-state index contributed by atoms with van der Waals surface area (Å²) in [5, 5.41) is 33.7. The van der Waals surface area contributed by atoms with Gasteiger partial charge in [-0.3, -0.25) is 0 Å². The Balaban J connectivity index is 1.51. The highest BCUT2D eigenvalue weighted by Crippen LogP contribution is 2.69. The molecule has 0 radical (unpaired) electrons. The summed E-state index contributed by atoms with van der Waals surface area (Å²) in [6.07, 6.45) is 7.69. The molecular formula is C23H34O5. The summed E-state index contributed by atoms with van der Waals surface area (Å²) in [7, 11) is 0. The van der Waals surface area contributed by atoms with E-state index in [1.54, 1.807) is 6.08 Å². The first-order valence-corrected chi connectivity index (χ1v) is 11.2. The van der Waals surface area contributed by atoms with Crippen molar-refractivity contribution in [3.63, 3.8) is 0 Å². The highest BCUT2D eigenvalue weighted by molar-refractivity contribution is 5.85. The molecule has 156 valence electrons. The van der Waals surface area contributed by atoms with Crippen LogP contribution in [0.1, 0.15) is 65.2 Å². The van der Waals surface area contributed by atoms with Crippen LogP contribution in [0.15, 0.2) is 11.6 Å². The molecule has 4 saturated carbocycles. The van der Waals surface area contributed by atoms with Gasteiger partial charge in [-0.05, 0) is 86.0 Å². The monoisotopic (exact) mass is 390 g/mol. The van der Waals surface area contributed by atoms with Crippen molar-refractivity contribution < 1.29 is 24.9 Å². The average molecular weight is 391 g/mol. The lowest BCUT2D eigenvalue weighted by Gasteiger charge is -2.64. The topological polar surface area (TPSA) is 87.0 Å². The third-order valence-corrected chi connectivity index (χ3v) is 10.0. The molecule has 0 aromatic rings. The van der Waals surface area contributed by atoms with E-state index < -0.39 is 17.1 Å². The van der Waals surface area contributed by atoms with E-state index in [1.807, 2.05) is 6.92 Å². The fraction of sp³-hybridized carbons (Fsp3) is 0.870. The number of hydrogen-bond donors (Lipinski definition) is 3. The molecule has 0 amide bonds. The number of ether oxygens (including phenoxy) is 1. The molecular weight excluding hydrogens is 356 g/mol. The average Bonchev–Trinajstić information content (AvgIpc) is 3.19. The molecule has 0 unspecified atom stereocenters. The van der Waals surface area contributed by atoms with E-state index in [0.29, 0.717) is 31.3 Å². The van der Waals surface area contributed by atoms with Crippen LogP contribution in [-0.2, 0) is 9.53 Å². The summed E-state index contributed by atoms with van der Waals surface area (Å²) in [4.78, 5) is 11.6. The highest BCUT2D eigenvalue weighted by Gasteiger charge is 2.70. The summed E-state index contributed by atoms with van der Waals surface area (Å²) >= 11 is 0. The van der Waals surface area contributed by atoms with Gasteiger partial charge >= 0.3 is 5.97 Å². The third-order valence-electron chi connectivity index (χ3n) is 10.0. The number of aliphatic hydroxyl groups is 3. The SMILES string of the molecule is C[C@@]12CC[C@H](O)C[C@@H]1CC[C@@H]1[C@H]2C[C@H](O)[C@@]2(C)[C@H](C3=CC(=O)OC3)CC[C@@]12O. The minimum atomic E-state index is -0.906. The zero-order chi connectivity index (χ0) is 19.9. The Morgan fingerprint density at radius 2 is 1.82 bits per heavy atom. The zero-order valence-electron chi connectivity index (χ0n) is 17.1. The van der Waals surface area contributed by atoms with Gasteiger partial charge in [0.25, 0.3) is 0 Å². The summed E-state index contributed by atoms with van der Waals surface area (Å²) in [5.41, 5.74) is -0.507. The predicted molar refractivity (Wildman–Crippen MR) is 103 cm³/mol. The molecule has 5 nitrogen and oxygen atoms in total. The molecule has 0 bridgehead atoms. The van der Waals surface area contributed by atoms with Gasteiger partial charge < -0.3 is 20.1 Å². The van der Waals surface area contributed by atoms with Gasteiger partial charge in [0.2, 0.25) is 0 Å². The Kier molecular flexibility index (Phi) is 4.12. The first-order chi connectivity index (χ1) is 13.2. The van der Waals surface area contributed by atoms with Gasteiger partial charge in [0.15, 0.2) is 0 Å². The van der Waals surface area contributed by atoms with Crippen molar-refractivity contribution in [2.75, 3.05) is 6.61 Å². The Bertz CT molecular complexity index is 718. The van der Waals surface area contributed by atoms with Crippen molar-refractivity contribution in [3.05, 3.63) is 11.6 Å². The van der Waals surface area contributed by atoms with Crippen molar-refractivity contribution >= 4 is 5.97 Å². The number of aliphatic hydroxyl groups excluding tert-OH is 2. The standard InChI is InChI=1S/C23H34O5/c1-21-7-5-15(24)10-14(21)3-4-17-18(21)11-19(25)22(2)16(6-8-23(17,22)27)13-9-20(26)28-12-13/h9,14-19,24-25,27H,3-8,10-12H2,1-2H3/t14-,15-,16-,17+,18+,19-,21+,22+,23+/m0/s1. The van der Waals surface area contributed by atoms with Crippen molar-refractivity contribution in [2.24, 2.45) is 34.5 Å². The summed E-state index contributed by atoms with van der Waals surface area (Å²) < 4.78 is 5.16. The van der Waals surface area contributed by atoms with Crippen molar-refractivity contribution in [1.82, 2.24) is 0 Å².